The number of pyridine rings is 1. The molecule has 0 saturated carbocycles. The molecular weight excluding hydrogens is 262 g/mol. The zero-order valence-electron chi connectivity index (χ0n) is 11.2. The second-order valence-electron chi connectivity index (χ2n) is 4.53. The lowest BCUT2D eigenvalue weighted by Gasteiger charge is -2.29. The molecule has 2 N–H and O–H groups in total. The van der Waals surface area contributed by atoms with Crippen molar-refractivity contribution in [2.45, 2.75) is 13.0 Å². The summed E-state index contributed by atoms with van der Waals surface area (Å²) in [7, 11) is 0. The average molecular weight is 279 g/mol. The van der Waals surface area contributed by atoms with Crippen LogP contribution in [-0.2, 0) is 9.53 Å². The number of ether oxygens (including phenoxy) is 1. The third kappa shape index (κ3) is 3.24. The molecule has 1 atom stereocenters. The van der Waals surface area contributed by atoms with Crippen LogP contribution >= 0.6 is 0 Å². The number of nitrogens with one attached hydrogen (secondary N) is 1. The van der Waals surface area contributed by atoms with Crippen molar-refractivity contribution in [1.29, 1.82) is 0 Å². The number of carboxylic acids is 1. The molecule has 0 bridgehead atoms. The van der Waals surface area contributed by atoms with E-state index in [1.165, 1.54) is 18.5 Å². The van der Waals surface area contributed by atoms with Crippen molar-refractivity contribution in [2.24, 2.45) is 0 Å². The molecule has 20 heavy (non-hydrogen) atoms. The van der Waals surface area contributed by atoms with E-state index < -0.39 is 12.0 Å². The zero-order valence-corrected chi connectivity index (χ0v) is 11.2. The van der Waals surface area contributed by atoms with E-state index in [2.05, 4.69) is 10.3 Å². The van der Waals surface area contributed by atoms with E-state index >= 15 is 0 Å². The molecule has 1 saturated heterocycles. The van der Waals surface area contributed by atoms with Gasteiger partial charge in [0.25, 0.3) is 0 Å². The van der Waals surface area contributed by atoms with Gasteiger partial charge < -0.3 is 20.1 Å². The van der Waals surface area contributed by atoms with E-state index in [1.54, 1.807) is 11.8 Å². The molecule has 1 aromatic heterocycles. The number of aromatic nitrogens is 1. The normalized spacial score (nSPS) is 16.6. The van der Waals surface area contributed by atoms with Crippen LogP contribution in [0.25, 0.3) is 0 Å². The molecule has 0 radical (unpaired) electrons. The number of anilines is 1. The predicted octanol–water partition coefficient (Wildman–Crippen LogP) is 0.439. The fourth-order valence-electron chi connectivity index (χ4n) is 2.05. The maximum atomic E-state index is 12.2. The van der Waals surface area contributed by atoms with Crippen LogP contribution in [0.2, 0.25) is 0 Å². The minimum absolute atomic E-state index is 0.0755. The highest BCUT2D eigenvalue weighted by Crippen LogP contribution is 2.15. The van der Waals surface area contributed by atoms with Crippen molar-refractivity contribution in [3.05, 3.63) is 24.0 Å². The molecule has 108 valence electrons. The molecule has 2 heterocycles. The zero-order chi connectivity index (χ0) is 14.5. The number of hydrogen-bond acceptors (Lipinski definition) is 5. The molecule has 0 aromatic carbocycles. The third-order valence-corrected chi connectivity index (χ3v) is 3.12. The molecule has 7 heteroatoms. The van der Waals surface area contributed by atoms with Crippen molar-refractivity contribution in [2.75, 3.05) is 31.6 Å². The molecule has 7 nitrogen and oxygen atoms in total. The summed E-state index contributed by atoms with van der Waals surface area (Å²) in [6, 6.07) is 0.881. The average Bonchev–Trinajstić information content (AvgIpc) is 2.47. The van der Waals surface area contributed by atoms with E-state index in [4.69, 9.17) is 9.84 Å². The van der Waals surface area contributed by atoms with Crippen molar-refractivity contribution < 1.29 is 19.4 Å². The van der Waals surface area contributed by atoms with Crippen molar-refractivity contribution in [3.8, 4) is 0 Å². The summed E-state index contributed by atoms with van der Waals surface area (Å²) in [5.74, 6) is -1.13. The second kappa shape index (κ2) is 6.33. The molecule has 1 fully saturated rings. The van der Waals surface area contributed by atoms with Gasteiger partial charge in [-0.1, -0.05) is 0 Å². The standard InChI is InChI=1S/C13H17N3O4/c1-9(12(17)16-4-6-20-7-5-16)15-11-8-14-3-2-10(11)13(18)19/h2-3,8-9,15H,4-7H2,1H3,(H,18,19). The van der Waals surface area contributed by atoms with Crippen LogP contribution in [-0.4, -0.2) is 59.2 Å². The Bertz CT molecular complexity index is 500. The smallest absolute Gasteiger partial charge is 0.337 e. The first-order valence-electron chi connectivity index (χ1n) is 6.40. The minimum atomic E-state index is -1.05. The first kappa shape index (κ1) is 14.3. The van der Waals surface area contributed by atoms with E-state index in [0.717, 1.165) is 0 Å². The maximum Gasteiger partial charge on any atom is 0.337 e. The largest absolute Gasteiger partial charge is 0.478 e. The first-order valence-corrected chi connectivity index (χ1v) is 6.40. The van der Waals surface area contributed by atoms with Crippen molar-refractivity contribution in [1.82, 2.24) is 9.88 Å². The number of hydrogen-bond donors (Lipinski definition) is 2. The van der Waals surface area contributed by atoms with Crippen LogP contribution in [0.5, 0.6) is 0 Å². The van der Waals surface area contributed by atoms with Gasteiger partial charge in [0, 0.05) is 19.3 Å². The fraction of sp³-hybridized carbons (Fsp3) is 0.462. The van der Waals surface area contributed by atoms with Gasteiger partial charge in [-0.3, -0.25) is 9.78 Å². The van der Waals surface area contributed by atoms with Crippen LogP contribution in [0.3, 0.4) is 0 Å². The Morgan fingerprint density at radius 3 is 2.80 bits per heavy atom. The molecule has 1 aliphatic rings. The van der Waals surface area contributed by atoms with Crippen LogP contribution in [0.4, 0.5) is 5.69 Å². The molecule has 0 spiro atoms. The Hall–Kier alpha value is -2.15. The van der Waals surface area contributed by atoms with Crippen LogP contribution < -0.4 is 5.32 Å². The summed E-state index contributed by atoms with van der Waals surface area (Å²) in [4.78, 5) is 28.9. The van der Waals surface area contributed by atoms with Crippen LogP contribution in [0.1, 0.15) is 17.3 Å². The van der Waals surface area contributed by atoms with E-state index in [9.17, 15) is 9.59 Å². The SMILES string of the molecule is CC(Nc1cnccc1C(=O)O)C(=O)N1CCOCC1. The summed E-state index contributed by atoms with van der Waals surface area (Å²) in [6.45, 7) is 3.89. The number of rotatable bonds is 4. The highest BCUT2D eigenvalue weighted by Gasteiger charge is 2.23. The number of amides is 1. The number of aromatic carboxylic acids is 1. The monoisotopic (exact) mass is 279 g/mol. The lowest BCUT2D eigenvalue weighted by molar-refractivity contribution is -0.135. The first-order chi connectivity index (χ1) is 9.59. The number of carboxylic acid groups (broad SMARTS) is 1. The van der Waals surface area contributed by atoms with Gasteiger partial charge in [0.15, 0.2) is 0 Å². The van der Waals surface area contributed by atoms with E-state index in [1.807, 2.05) is 0 Å². The Kier molecular flexibility index (Phi) is 4.52. The van der Waals surface area contributed by atoms with Gasteiger partial charge >= 0.3 is 5.97 Å². The molecule has 2 rings (SSSR count). The molecule has 1 aliphatic heterocycles. The van der Waals surface area contributed by atoms with Crippen LogP contribution in [0, 0.1) is 0 Å². The number of carbonyl (C=O) groups is 2. The molecule has 1 unspecified atom stereocenters. The number of morpholine rings is 1. The van der Waals surface area contributed by atoms with E-state index in [0.29, 0.717) is 32.0 Å². The number of nitrogens with zero attached hydrogens (tertiary/aromatic N) is 2. The minimum Gasteiger partial charge on any atom is -0.478 e. The molecule has 1 amide bonds. The van der Waals surface area contributed by atoms with Gasteiger partial charge in [-0.05, 0) is 13.0 Å². The predicted molar refractivity (Wildman–Crippen MR) is 71.7 cm³/mol. The van der Waals surface area contributed by atoms with Gasteiger partial charge in [0.2, 0.25) is 5.91 Å². The summed E-state index contributed by atoms with van der Waals surface area (Å²) in [6.07, 6.45) is 2.82. The lowest BCUT2D eigenvalue weighted by atomic mass is 10.2. The Balaban J connectivity index is 2.05. The summed E-state index contributed by atoms with van der Waals surface area (Å²) >= 11 is 0. The number of carbonyl (C=O) groups excluding carboxylic acids is 1. The van der Waals surface area contributed by atoms with Gasteiger partial charge in [0.1, 0.15) is 6.04 Å². The maximum absolute atomic E-state index is 12.2. The summed E-state index contributed by atoms with van der Waals surface area (Å²) in [5.41, 5.74) is 0.440. The van der Waals surface area contributed by atoms with Crippen molar-refractivity contribution in [3.63, 3.8) is 0 Å². The van der Waals surface area contributed by atoms with Crippen molar-refractivity contribution >= 4 is 17.6 Å². The summed E-state index contributed by atoms with van der Waals surface area (Å²) < 4.78 is 5.20. The highest BCUT2D eigenvalue weighted by molar-refractivity contribution is 5.95. The van der Waals surface area contributed by atoms with Gasteiger partial charge in [-0.15, -0.1) is 0 Å². The van der Waals surface area contributed by atoms with E-state index in [-0.39, 0.29) is 11.5 Å². The van der Waals surface area contributed by atoms with Gasteiger partial charge in [-0.2, -0.15) is 0 Å². The van der Waals surface area contributed by atoms with Gasteiger partial charge in [-0.25, -0.2) is 4.79 Å². The topological polar surface area (TPSA) is 91.8 Å². The molecular formula is C13H17N3O4. The van der Waals surface area contributed by atoms with Crippen LogP contribution in [0.15, 0.2) is 18.5 Å². The fourth-order valence-corrected chi connectivity index (χ4v) is 2.05. The van der Waals surface area contributed by atoms with Gasteiger partial charge in [0.05, 0.1) is 30.7 Å². The second-order valence-corrected chi connectivity index (χ2v) is 4.53. The Labute approximate surface area is 116 Å². The quantitative estimate of drug-likeness (QED) is 0.831. The highest BCUT2D eigenvalue weighted by atomic mass is 16.5. The summed E-state index contributed by atoms with van der Waals surface area (Å²) in [5, 5.41) is 12.0. The Morgan fingerprint density at radius 1 is 1.45 bits per heavy atom. The third-order valence-electron chi connectivity index (χ3n) is 3.12. The molecule has 1 aromatic rings. The lowest BCUT2D eigenvalue weighted by Crippen LogP contribution is -2.47. The Morgan fingerprint density at radius 2 is 2.15 bits per heavy atom. The molecule has 0 aliphatic carbocycles.